The Morgan fingerprint density at radius 1 is 1.17 bits per heavy atom. The highest BCUT2D eigenvalue weighted by atomic mass is 19.1. The third kappa shape index (κ3) is 4.69. The number of aliphatic hydroxyl groups is 1. The van der Waals surface area contributed by atoms with Crippen LogP contribution in [-0.2, 0) is 24.2 Å². The minimum Gasteiger partial charge on any atom is -0.496 e. The molecule has 3 atom stereocenters. The first-order valence-corrected chi connectivity index (χ1v) is 10.9. The lowest BCUT2D eigenvalue weighted by Crippen LogP contribution is -2.40. The van der Waals surface area contributed by atoms with E-state index in [-0.39, 0.29) is 12.4 Å². The Labute approximate surface area is 178 Å². The lowest BCUT2D eigenvalue weighted by molar-refractivity contribution is 0.0808. The molecule has 0 saturated heterocycles. The molecule has 162 valence electrons. The Morgan fingerprint density at radius 2 is 2.03 bits per heavy atom. The number of ether oxygens (including phenoxy) is 2. The predicted molar refractivity (Wildman–Crippen MR) is 115 cm³/mol. The highest BCUT2D eigenvalue weighted by Crippen LogP contribution is 2.40. The van der Waals surface area contributed by atoms with Crippen LogP contribution in [-0.4, -0.2) is 31.0 Å². The predicted octanol–water partition coefficient (Wildman–Crippen LogP) is 4.11. The van der Waals surface area contributed by atoms with Crippen LogP contribution in [0.25, 0.3) is 0 Å². The lowest BCUT2D eigenvalue weighted by atomic mass is 9.82. The monoisotopic (exact) mass is 413 g/mol. The van der Waals surface area contributed by atoms with Crippen molar-refractivity contribution in [1.82, 2.24) is 0 Å². The molecular weight excluding hydrogens is 381 g/mol. The van der Waals surface area contributed by atoms with Gasteiger partial charge in [-0.3, -0.25) is 0 Å². The van der Waals surface area contributed by atoms with Crippen LogP contribution in [0.15, 0.2) is 36.4 Å². The Hall–Kier alpha value is -1.95. The number of aryl methyl sites for hydroxylation is 1. The summed E-state index contributed by atoms with van der Waals surface area (Å²) < 4.78 is 24.7. The molecule has 0 amide bonds. The number of nitrogens with two attached hydrogens (primary N) is 1. The summed E-state index contributed by atoms with van der Waals surface area (Å²) in [6.07, 6.45) is 5.97. The third-order valence-electron chi connectivity index (χ3n) is 6.84. The average Bonchev–Trinajstić information content (AvgIpc) is 3.16. The van der Waals surface area contributed by atoms with E-state index in [1.54, 1.807) is 13.2 Å². The molecule has 2 aromatic carbocycles. The number of hydrogen-bond acceptors (Lipinski definition) is 4. The van der Waals surface area contributed by atoms with Crippen molar-refractivity contribution < 1.29 is 19.0 Å². The highest BCUT2D eigenvalue weighted by Gasteiger charge is 2.36. The largest absolute Gasteiger partial charge is 0.496 e. The van der Waals surface area contributed by atoms with Crippen LogP contribution >= 0.6 is 0 Å². The van der Waals surface area contributed by atoms with Gasteiger partial charge in [-0.25, -0.2) is 4.39 Å². The number of rotatable bonds is 7. The maximum Gasteiger partial charge on any atom is 0.124 e. The number of hydrogen-bond donors (Lipinski definition) is 2. The first kappa shape index (κ1) is 21.3. The second kappa shape index (κ2) is 9.04. The van der Waals surface area contributed by atoms with Crippen molar-refractivity contribution in [2.45, 2.75) is 56.6 Å². The molecule has 0 unspecified atom stereocenters. The Bertz CT molecular complexity index is 887. The Morgan fingerprint density at radius 3 is 2.80 bits per heavy atom. The van der Waals surface area contributed by atoms with Gasteiger partial charge in [-0.2, -0.15) is 0 Å². The number of benzene rings is 2. The lowest BCUT2D eigenvalue weighted by Gasteiger charge is -2.26. The third-order valence-corrected chi connectivity index (χ3v) is 6.84. The molecule has 0 bridgehead atoms. The molecule has 0 aliphatic heterocycles. The summed E-state index contributed by atoms with van der Waals surface area (Å²) in [5.41, 5.74) is 10.8. The van der Waals surface area contributed by atoms with Gasteiger partial charge in [0, 0.05) is 11.1 Å². The van der Waals surface area contributed by atoms with E-state index in [0.717, 1.165) is 44.1 Å². The van der Waals surface area contributed by atoms with Crippen molar-refractivity contribution in [3.05, 3.63) is 64.5 Å². The minimum atomic E-state index is -0.409. The molecule has 3 N–H and O–H groups in total. The summed E-state index contributed by atoms with van der Waals surface area (Å²) in [6.45, 7) is 1.09. The van der Waals surface area contributed by atoms with Gasteiger partial charge in [0.05, 0.1) is 26.9 Å². The molecule has 2 aliphatic carbocycles. The number of halogens is 1. The van der Waals surface area contributed by atoms with E-state index in [1.807, 2.05) is 0 Å². The van der Waals surface area contributed by atoms with E-state index < -0.39 is 5.54 Å². The smallest absolute Gasteiger partial charge is 0.124 e. The summed E-state index contributed by atoms with van der Waals surface area (Å²) in [7, 11) is 1.59. The van der Waals surface area contributed by atoms with Crippen molar-refractivity contribution in [2.75, 3.05) is 20.3 Å². The van der Waals surface area contributed by atoms with Crippen molar-refractivity contribution in [3.8, 4) is 5.75 Å². The van der Waals surface area contributed by atoms with E-state index in [0.29, 0.717) is 30.8 Å². The van der Waals surface area contributed by atoms with Crippen molar-refractivity contribution in [1.29, 1.82) is 0 Å². The molecule has 2 aromatic rings. The Kier molecular flexibility index (Phi) is 6.42. The molecule has 5 heteroatoms. The van der Waals surface area contributed by atoms with Crippen LogP contribution in [0.1, 0.15) is 53.9 Å². The van der Waals surface area contributed by atoms with Crippen LogP contribution in [0.5, 0.6) is 5.75 Å². The highest BCUT2D eigenvalue weighted by molar-refractivity contribution is 5.37. The zero-order chi connectivity index (χ0) is 21.1. The molecular formula is C25H32FNO3. The molecule has 0 radical (unpaired) electrons. The van der Waals surface area contributed by atoms with Crippen molar-refractivity contribution in [3.63, 3.8) is 0 Å². The fourth-order valence-corrected chi connectivity index (χ4v) is 5.03. The van der Waals surface area contributed by atoms with Gasteiger partial charge >= 0.3 is 0 Å². The van der Waals surface area contributed by atoms with Gasteiger partial charge in [-0.15, -0.1) is 0 Å². The van der Waals surface area contributed by atoms with Gasteiger partial charge in [-0.05, 0) is 85.3 Å². The maximum absolute atomic E-state index is 13.5. The summed E-state index contributed by atoms with van der Waals surface area (Å²) in [5.74, 6) is 1.31. The van der Waals surface area contributed by atoms with Crippen LogP contribution in [0.2, 0.25) is 0 Å². The second-order valence-corrected chi connectivity index (χ2v) is 9.07. The number of methoxy groups -OCH3 is 1. The summed E-state index contributed by atoms with van der Waals surface area (Å²) in [4.78, 5) is 0. The van der Waals surface area contributed by atoms with Crippen molar-refractivity contribution >= 4 is 0 Å². The molecule has 0 aromatic heterocycles. The molecule has 0 heterocycles. The molecule has 4 nitrogen and oxygen atoms in total. The molecule has 1 fully saturated rings. The SMILES string of the molecule is COc1ccc(F)cc1COC[C@@H]1CCc2cc([C@H]3CC[C@](N)(CO)C3)ccc2C1. The van der Waals surface area contributed by atoms with Crippen LogP contribution in [0.4, 0.5) is 4.39 Å². The van der Waals surface area contributed by atoms with E-state index in [2.05, 4.69) is 18.2 Å². The summed E-state index contributed by atoms with van der Waals surface area (Å²) in [5, 5.41) is 9.54. The van der Waals surface area contributed by atoms with Crippen LogP contribution in [0, 0.1) is 11.7 Å². The maximum atomic E-state index is 13.5. The summed E-state index contributed by atoms with van der Waals surface area (Å²) in [6, 6.07) is 11.4. The standard InChI is InChI=1S/C25H32FNO3/c1-29-24-7-6-23(26)12-22(24)15-30-14-17-2-3-19-11-20(5-4-18(19)10-17)21-8-9-25(27,13-21)16-28/h4-7,11-12,17,21,28H,2-3,8-10,13-16,27H2,1H3/t17-,21+,25-/m1/s1. The topological polar surface area (TPSA) is 64.7 Å². The quantitative estimate of drug-likeness (QED) is 0.717. The van der Waals surface area contributed by atoms with Gasteiger partial charge in [0.1, 0.15) is 11.6 Å². The second-order valence-electron chi connectivity index (χ2n) is 9.07. The zero-order valence-corrected chi connectivity index (χ0v) is 17.7. The van der Waals surface area contributed by atoms with E-state index in [1.165, 1.54) is 28.8 Å². The first-order chi connectivity index (χ1) is 14.5. The molecule has 4 rings (SSSR count). The van der Waals surface area contributed by atoms with Crippen LogP contribution in [0.3, 0.4) is 0 Å². The molecule has 0 spiro atoms. The molecule has 30 heavy (non-hydrogen) atoms. The molecule has 2 aliphatic rings. The fraction of sp³-hybridized carbons (Fsp3) is 0.520. The van der Waals surface area contributed by atoms with Gasteiger partial charge in [0.2, 0.25) is 0 Å². The van der Waals surface area contributed by atoms with Gasteiger partial charge in [-0.1, -0.05) is 18.2 Å². The average molecular weight is 414 g/mol. The van der Waals surface area contributed by atoms with Gasteiger partial charge < -0.3 is 20.3 Å². The Balaban J connectivity index is 1.33. The normalized spacial score (nSPS) is 25.9. The zero-order valence-electron chi connectivity index (χ0n) is 17.7. The van der Waals surface area contributed by atoms with E-state index >= 15 is 0 Å². The first-order valence-electron chi connectivity index (χ1n) is 10.9. The van der Waals surface area contributed by atoms with Crippen LogP contribution < -0.4 is 10.5 Å². The van der Waals surface area contributed by atoms with E-state index in [4.69, 9.17) is 15.2 Å². The van der Waals surface area contributed by atoms with Gasteiger partial charge in [0.25, 0.3) is 0 Å². The number of fused-ring (bicyclic) bond motifs is 1. The van der Waals surface area contributed by atoms with Crippen molar-refractivity contribution in [2.24, 2.45) is 11.7 Å². The minimum absolute atomic E-state index is 0.0671. The fourth-order valence-electron chi connectivity index (χ4n) is 5.03. The summed E-state index contributed by atoms with van der Waals surface area (Å²) >= 11 is 0. The van der Waals surface area contributed by atoms with E-state index in [9.17, 15) is 9.50 Å². The number of aliphatic hydroxyl groups excluding tert-OH is 1. The van der Waals surface area contributed by atoms with Gasteiger partial charge in [0.15, 0.2) is 0 Å². The molecule has 1 saturated carbocycles.